The van der Waals surface area contributed by atoms with Crippen molar-refractivity contribution in [2.45, 2.75) is 33.4 Å². The molecule has 2 aromatic carbocycles. The molecule has 2 N–H and O–H groups in total. The Morgan fingerprint density at radius 2 is 1.81 bits per heavy atom. The van der Waals surface area contributed by atoms with Gasteiger partial charge in [0.15, 0.2) is 0 Å². The number of carbonyl (C=O) groups is 1. The molecule has 3 rings (SSSR count). The summed E-state index contributed by atoms with van der Waals surface area (Å²) < 4.78 is 0. The molecule has 1 heterocycles. The van der Waals surface area contributed by atoms with Crippen molar-refractivity contribution in [3.8, 4) is 0 Å². The third kappa shape index (κ3) is 2.77. The third-order valence-corrected chi connectivity index (χ3v) is 4.23. The van der Waals surface area contributed by atoms with E-state index in [2.05, 4.69) is 26.0 Å². The fourth-order valence-electron chi connectivity index (χ4n) is 2.79. The highest BCUT2D eigenvalue weighted by Gasteiger charge is 2.23. The van der Waals surface area contributed by atoms with E-state index in [0.29, 0.717) is 19.5 Å². The number of nitrogens with two attached hydrogens (primary N) is 1. The molecule has 0 saturated heterocycles. The topological polar surface area (TPSA) is 46.3 Å². The van der Waals surface area contributed by atoms with E-state index < -0.39 is 0 Å². The van der Waals surface area contributed by atoms with Gasteiger partial charge in [0.25, 0.3) is 0 Å². The molecule has 108 valence electrons. The number of benzene rings is 2. The van der Waals surface area contributed by atoms with Crippen molar-refractivity contribution in [2.75, 3.05) is 5.73 Å². The zero-order chi connectivity index (χ0) is 15.0. The van der Waals surface area contributed by atoms with Gasteiger partial charge in [-0.25, -0.2) is 0 Å². The number of hydrogen-bond donors (Lipinski definition) is 1. The van der Waals surface area contributed by atoms with Gasteiger partial charge in [-0.3, -0.25) is 4.79 Å². The van der Waals surface area contributed by atoms with E-state index in [1.807, 2.05) is 29.2 Å². The van der Waals surface area contributed by atoms with Crippen LogP contribution in [0.5, 0.6) is 0 Å². The summed E-state index contributed by atoms with van der Waals surface area (Å²) in [6.07, 6.45) is 0.463. The van der Waals surface area contributed by atoms with Crippen LogP contribution in [0.1, 0.15) is 27.8 Å². The van der Waals surface area contributed by atoms with E-state index >= 15 is 0 Å². The summed E-state index contributed by atoms with van der Waals surface area (Å²) in [5, 5.41) is 0. The Balaban J connectivity index is 1.71. The van der Waals surface area contributed by atoms with Gasteiger partial charge in [0, 0.05) is 18.8 Å². The average Bonchev–Trinajstić information content (AvgIpc) is 2.86. The van der Waals surface area contributed by atoms with Gasteiger partial charge in [0.05, 0.1) is 6.42 Å². The summed E-state index contributed by atoms with van der Waals surface area (Å²) >= 11 is 0. The normalized spacial score (nSPS) is 13.3. The Morgan fingerprint density at radius 1 is 1.05 bits per heavy atom. The van der Waals surface area contributed by atoms with Crippen LogP contribution < -0.4 is 5.73 Å². The summed E-state index contributed by atoms with van der Waals surface area (Å²) in [6, 6.07) is 12.1. The molecule has 1 aliphatic rings. The number of aryl methyl sites for hydroxylation is 2. The zero-order valence-electron chi connectivity index (χ0n) is 12.5. The van der Waals surface area contributed by atoms with Crippen LogP contribution in [0.15, 0.2) is 36.4 Å². The van der Waals surface area contributed by atoms with E-state index in [1.54, 1.807) is 0 Å². The van der Waals surface area contributed by atoms with Gasteiger partial charge in [-0.1, -0.05) is 24.3 Å². The Kier molecular flexibility index (Phi) is 3.42. The monoisotopic (exact) mass is 280 g/mol. The summed E-state index contributed by atoms with van der Waals surface area (Å²) in [5.74, 6) is 0.174. The minimum atomic E-state index is 0.174. The van der Waals surface area contributed by atoms with Crippen LogP contribution in [0.4, 0.5) is 5.69 Å². The average molecular weight is 280 g/mol. The number of fused-ring (bicyclic) bond motifs is 1. The Labute approximate surface area is 125 Å². The molecule has 0 spiro atoms. The number of anilines is 1. The van der Waals surface area contributed by atoms with E-state index in [4.69, 9.17) is 5.73 Å². The van der Waals surface area contributed by atoms with Crippen molar-refractivity contribution in [2.24, 2.45) is 0 Å². The fourth-order valence-corrected chi connectivity index (χ4v) is 2.79. The number of amides is 1. The lowest BCUT2D eigenvalue weighted by molar-refractivity contribution is -0.131. The summed E-state index contributed by atoms with van der Waals surface area (Å²) in [6.45, 7) is 5.53. The van der Waals surface area contributed by atoms with Crippen LogP contribution in [0.3, 0.4) is 0 Å². The van der Waals surface area contributed by atoms with E-state index in [-0.39, 0.29) is 5.91 Å². The molecule has 0 bridgehead atoms. The Morgan fingerprint density at radius 3 is 2.57 bits per heavy atom. The van der Waals surface area contributed by atoms with Gasteiger partial charge < -0.3 is 10.6 Å². The van der Waals surface area contributed by atoms with Gasteiger partial charge in [-0.2, -0.15) is 0 Å². The van der Waals surface area contributed by atoms with Crippen LogP contribution >= 0.6 is 0 Å². The molecule has 21 heavy (non-hydrogen) atoms. The number of hydrogen-bond acceptors (Lipinski definition) is 2. The van der Waals surface area contributed by atoms with E-state index in [1.165, 1.54) is 22.3 Å². The smallest absolute Gasteiger partial charge is 0.227 e. The molecular formula is C18H20N2O. The van der Waals surface area contributed by atoms with Gasteiger partial charge in [-0.15, -0.1) is 0 Å². The van der Waals surface area contributed by atoms with Crippen LogP contribution in [0, 0.1) is 13.8 Å². The summed E-state index contributed by atoms with van der Waals surface area (Å²) in [4.78, 5) is 14.4. The maximum Gasteiger partial charge on any atom is 0.227 e. The molecule has 2 aromatic rings. The van der Waals surface area contributed by atoms with Crippen LogP contribution in [-0.4, -0.2) is 10.8 Å². The zero-order valence-corrected chi connectivity index (χ0v) is 12.5. The van der Waals surface area contributed by atoms with Crippen molar-refractivity contribution in [1.29, 1.82) is 0 Å². The molecule has 0 saturated carbocycles. The summed E-state index contributed by atoms with van der Waals surface area (Å²) in [7, 11) is 0. The second-order valence-corrected chi connectivity index (χ2v) is 5.87. The van der Waals surface area contributed by atoms with Crippen molar-refractivity contribution in [3.63, 3.8) is 0 Å². The van der Waals surface area contributed by atoms with Crippen molar-refractivity contribution < 1.29 is 4.79 Å². The van der Waals surface area contributed by atoms with Gasteiger partial charge in [-0.05, 0) is 53.8 Å². The minimum absolute atomic E-state index is 0.174. The lowest BCUT2D eigenvalue weighted by Crippen LogP contribution is -2.26. The quantitative estimate of drug-likeness (QED) is 0.860. The number of rotatable bonds is 2. The molecule has 3 nitrogen and oxygen atoms in total. The van der Waals surface area contributed by atoms with Gasteiger partial charge in [0.1, 0.15) is 0 Å². The van der Waals surface area contributed by atoms with Crippen molar-refractivity contribution in [3.05, 3.63) is 64.2 Å². The second-order valence-electron chi connectivity index (χ2n) is 5.87. The van der Waals surface area contributed by atoms with E-state index in [0.717, 1.165) is 11.3 Å². The minimum Gasteiger partial charge on any atom is -0.399 e. The van der Waals surface area contributed by atoms with Gasteiger partial charge >= 0.3 is 0 Å². The highest BCUT2D eigenvalue weighted by atomic mass is 16.2. The molecule has 3 heteroatoms. The standard InChI is InChI=1S/C18H20N2O/c1-12-3-4-14(7-13(12)2)8-18(21)20-10-15-5-6-17(19)9-16(15)11-20/h3-7,9H,8,10-11,19H2,1-2H3. The first-order chi connectivity index (χ1) is 10.0. The fraction of sp³-hybridized carbons (Fsp3) is 0.278. The van der Waals surface area contributed by atoms with Crippen molar-refractivity contribution in [1.82, 2.24) is 4.90 Å². The maximum atomic E-state index is 12.5. The molecule has 0 aliphatic carbocycles. The first-order valence-electron chi connectivity index (χ1n) is 7.24. The third-order valence-electron chi connectivity index (χ3n) is 4.23. The highest BCUT2D eigenvalue weighted by molar-refractivity contribution is 5.79. The predicted molar refractivity (Wildman–Crippen MR) is 84.7 cm³/mol. The molecule has 1 amide bonds. The Hall–Kier alpha value is -2.29. The van der Waals surface area contributed by atoms with Gasteiger partial charge in [0.2, 0.25) is 5.91 Å². The number of nitrogens with zero attached hydrogens (tertiary/aromatic N) is 1. The lowest BCUT2D eigenvalue weighted by Gasteiger charge is -2.15. The molecule has 0 fully saturated rings. The summed E-state index contributed by atoms with van der Waals surface area (Å²) in [5.41, 5.74) is 12.5. The second kappa shape index (κ2) is 5.24. The molecular weight excluding hydrogens is 260 g/mol. The van der Waals surface area contributed by atoms with Crippen molar-refractivity contribution >= 4 is 11.6 Å². The first kappa shape index (κ1) is 13.7. The molecule has 1 aliphatic heterocycles. The SMILES string of the molecule is Cc1ccc(CC(=O)N2Cc3ccc(N)cc3C2)cc1C. The highest BCUT2D eigenvalue weighted by Crippen LogP contribution is 2.25. The predicted octanol–water partition coefficient (Wildman–Crippen LogP) is 2.97. The van der Waals surface area contributed by atoms with E-state index in [9.17, 15) is 4.79 Å². The molecule has 0 atom stereocenters. The largest absolute Gasteiger partial charge is 0.399 e. The maximum absolute atomic E-state index is 12.5. The van der Waals surface area contributed by atoms with Crippen LogP contribution in [0.25, 0.3) is 0 Å². The number of carbonyl (C=O) groups excluding carboxylic acids is 1. The van der Waals surface area contributed by atoms with Crippen LogP contribution in [-0.2, 0) is 24.3 Å². The molecule has 0 aromatic heterocycles. The first-order valence-corrected chi connectivity index (χ1v) is 7.24. The molecule has 0 unspecified atom stereocenters. The Bertz CT molecular complexity index is 706. The number of nitrogen functional groups attached to an aromatic ring is 1. The molecule has 0 radical (unpaired) electrons. The lowest BCUT2D eigenvalue weighted by atomic mass is 10.0. The van der Waals surface area contributed by atoms with Crippen LogP contribution in [0.2, 0.25) is 0 Å².